The van der Waals surface area contributed by atoms with Crippen molar-refractivity contribution in [1.82, 2.24) is 14.5 Å². The van der Waals surface area contributed by atoms with Gasteiger partial charge in [-0.3, -0.25) is 14.7 Å². The van der Waals surface area contributed by atoms with Crippen molar-refractivity contribution >= 4 is 34.6 Å². The highest BCUT2D eigenvalue weighted by Gasteiger charge is 2.41. The van der Waals surface area contributed by atoms with Crippen molar-refractivity contribution in [1.29, 1.82) is 0 Å². The highest BCUT2D eigenvalue weighted by atomic mass is 35.5. The van der Waals surface area contributed by atoms with E-state index in [2.05, 4.69) is 15.3 Å². The number of aliphatic hydroxyl groups is 1. The number of anilines is 1. The number of nitrogens with one attached hydrogen (secondary N) is 1. The second-order valence-electron chi connectivity index (χ2n) is 7.61. The molecule has 2 N–H and O–H groups in total. The van der Waals surface area contributed by atoms with Crippen LogP contribution < -0.4 is 5.32 Å². The third kappa shape index (κ3) is 4.35. The van der Waals surface area contributed by atoms with E-state index in [4.69, 9.17) is 11.6 Å². The van der Waals surface area contributed by atoms with Crippen molar-refractivity contribution in [2.75, 3.05) is 5.32 Å². The summed E-state index contributed by atoms with van der Waals surface area (Å²) >= 11 is 5.99. The molecule has 1 saturated carbocycles. The highest BCUT2D eigenvalue weighted by molar-refractivity contribution is 6.29. The first-order valence-corrected chi connectivity index (χ1v) is 8.91. The fourth-order valence-corrected chi connectivity index (χ4v) is 3.59. The zero-order chi connectivity index (χ0) is 20.0. The first-order chi connectivity index (χ1) is 12.4. The first-order valence-electron chi connectivity index (χ1n) is 8.53. The van der Waals surface area contributed by atoms with Crippen LogP contribution in [0, 0.1) is 0 Å². The van der Waals surface area contributed by atoms with Crippen LogP contribution in [0.2, 0.25) is 5.15 Å². The van der Waals surface area contributed by atoms with Crippen LogP contribution in [0.5, 0.6) is 0 Å². The topological polar surface area (TPSA) is 80.0 Å². The Kier molecular flexibility index (Phi) is 4.88. The molecule has 148 valence electrons. The monoisotopic (exact) mass is 404 g/mol. The van der Waals surface area contributed by atoms with E-state index in [-0.39, 0.29) is 16.6 Å². The molecule has 1 amide bonds. The van der Waals surface area contributed by atoms with Gasteiger partial charge in [-0.25, -0.2) is 9.97 Å². The summed E-state index contributed by atoms with van der Waals surface area (Å²) in [6.07, 6.45) is -4.05. The number of imidazole rings is 1. The molecule has 3 rings (SSSR count). The molecule has 0 bridgehead atoms. The number of rotatable bonds is 5. The van der Waals surface area contributed by atoms with E-state index in [1.165, 1.54) is 0 Å². The van der Waals surface area contributed by atoms with Crippen molar-refractivity contribution < 1.29 is 23.1 Å². The van der Waals surface area contributed by atoms with Crippen molar-refractivity contribution in [3.05, 3.63) is 17.3 Å². The Morgan fingerprint density at radius 1 is 1.37 bits per heavy atom. The predicted octanol–water partition coefficient (Wildman–Crippen LogP) is 4.02. The third-order valence-electron chi connectivity index (χ3n) is 4.81. The number of halogens is 4. The van der Waals surface area contributed by atoms with Crippen molar-refractivity contribution in [2.24, 2.45) is 0 Å². The van der Waals surface area contributed by atoms with E-state index in [0.29, 0.717) is 11.2 Å². The largest absolute Gasteiger partial charge is 0.391 e. The molecule has 2 aromatic rings. The van der Waals surface area contributed by atoms with Crippen molar-refractivity contribution in [2.45, 2.75) is 63.3 Å². The molecule has 1 aliphatic carbocycles. The lowest BCUT2D eigenvalue weighted by Gasteiger charge is -2.40. The Morgan fingerprint density at radius 3 is 2.59 bits per heavy atom. The number of hydrogen-bond donors (Lipinski definition) is 2. The lowest BCUT2D eigenvalue weighted by atomic mass is 9.78. The minimum Gasteiger partial charge on any atom is -0.389 e. The molecule has 0 aromatic carbocycles. The molecule has 1 fully saturated rings. The Labute approximate surface area is 158 Å². The van der Waals surface area contributed by atoms with Gasteiger partial charge in [-0.1, -0.05) is 11.6 Å². The average molecular weight is 405 g/mol. The van der Waals surface area contributed by atoms with Gasteiger partial charge in [-0.2, -0.15) is 13.2 Å². The standard InChI is InChI=1S/C17H20ClF3N4O2/c1-15(6-3-7-15)25-13-10(4-5-11(18)23-13)22-14(25)24-12(26)8-16(2,27)9-17(19,20)21/h4-5,27H,3,6-9H2,1-2H3,(H,22,24,26). The first kappa shape index (κ1) is 19.9. The molecular weight excluding hydrogens is 385 g/mol. The van der Waals surface area contributed by atoms with E-state index < -0.39 is 30.5 Å². The highest BCUT2D eigenvalue weighted by Crippen LogP contribution is 2.42. The maximum Gasteiger partial charge on any atom is 0.391 e. The zero-order valence-corrected chi connectivity index (χ0v) is 15.7. The van der Waals surface area contributed by atoms with E-state index in [9.17, 15) is 23.1 Å². The summed E-state index contributed by atoms with van der Waals surface area (Å²) in [6.45, 7) is 2.98. The van der Waals surface area contributed by atoms with Crippen LogP contribution in [0.4, 0.5) is 19.1 Å². The van der Waals surface area contributed by atoms with Gasteiger partial charge < -0.3 is 5.11 Å². The van der Waals surface area contributed by atoms with Gasteiger partial charge in [0.1, 0.15) is 10.7 Å². The van der Waals surface area contributed by atoms with Gasteiger partial charge in [0, 0.05) is 5.54 Å². The van der Waals surface area contributed by atoms with Crippen LogP contribution >= 0.6 is 11.6 Å². The Bertz CT molecular complexity index is 875. The smallest absolute Gasteiger partial charge is 0.389 e. The maximum atomic E-state index is 12.6. The third-order valence-corrected chi connectivity index (χ3v) is 5.03. The fourth-order valence-electron chi connectivity index (χ4n) is 3.45. The molecular formula is C17H20ClF3N4O2. The molecule has 0 saturated heterocycles. The van der Waals surface area contributed by atoms with Crippen LogP contribution in [-0.2, 0) is 10.3 Å². The summed E-state index contributed by atoms with van der Waals surface area (Å²) in [5.41, 5.74) is -1.50. The number of nitrogens with zero attached hydrogens (tertiary/aromatic N) is 3. The lowest BCUT2D eigenvalue weighted by Crippen LogP contribution is -2.39. The lowest BCUT2D eigenvalue weighted by molar-refractivity contribution is -0.174. The summed E-state index contributed by atoms with van der Waals surface area (Å²) in [5, 5.41) is 12.7. The van der Waals surface area contributed by atoms with E-state index in [0.717, 1.165) is 26.2 Å². The zero-order valence-electron chi connectivity index (χ0n) is 14.9. The molecule has 2 heterocycles. The molecule has 2 aromatic heterocycles. The number of hydrogen-bond acceptors (Lipinski definition) is 4. The number of amides is 1. The van der Waals surface area contributed by atoms with Crippen LogP contribution in [-0.4, -0.2) is 37.3 Å². The number of pyridine rings is 1. The molecule has 0 aliphatic heterocycles. The van der Waals surface area contributed by atoms with Gasteiger partial charge in [-0.15, -0.1) is 0 Å². The molecule has 27 heavy (non-hydrogen) atoms. The average Bonchev–Trinajstić information content (AvgIpc) is 2.78. The summed E-state index contributed by atoms with van der Waals surface area (Å²) in [4.78, 5) is 20.9. The summed E-state index contributed by atoms with van der Waals surface area (Å²) in [7, 11) is 0. The van der Waals surface area contributed by atoms with E-state index >= 15 is 0 Å². The van der Waals surface area contributed by atoms with Gasteiger partial charge in [0.2, 0.25) is 11.9 Å². The van der Waals surface area contributed by atoms with Crippen molar-refractivity contribution in [3.8, 4) is 0 Å². The Hall–Kier alpha value is -1.87. The van der Waals surface area contributed by atoms with E-state index in [1.54, 1.807) is 16.7 Å². The van der Waals surface area contributed by atoms with Crippen LogP contribution in [0.15, 0.2) is 12.1 Å². The SMILES string of the molecule is CC(O)(CC(=O)Nc1nc2ccc(Cl)nc2n1C1(C)CCC1)CC(F)(F)F. The Balaban J connectivity index is 1.88. The molecule has 0 radical (unpaired) electrons. The molecule has 0 spiro atoms. The van der Waals surface area contributed by atoms with Gasteiger partial charge in [0.05, 0.1) is 18.4 Å². The minimum absolute atomic E-state index is 0.190. The quantitative estimate of drug-likeness (QED) is 0.738. The second-order valence-corrected chi connectivity index (χ2v) is 8.00. The van der Waals surface area contributed by atoms with Crippen molar-refractivity contribution in [3.63, 3.8) is 0 Å². The summed E-state index contributed by atoms with van der Waals surface area (Å²) in [5.74, 6) is -0.565. The van der Waals surface area contributed by atoms with Gasteiger partial charge in [-0.05, 0) is 45.2 Å². The van der Waals surface area contributed by atoms with Gasteiger partial charge >= 0.3 is 6.18 Å². The molecule has 1 atom stereocenters. The minimum atomic E-state index is -4.57. The molecule has 6 nitrogen and oxygen atoms in total. The molecule has 10 heteroatoms. The summed E-state index contributed by atoms with van der Waals surface area (Å²) < 4.78 is 39.4. The molecule has 1 aliphatic rings. The fraction of sp³-hybridized carbons (Fsp3) is 0.588. The second kappa shape index (κ2) is 6.63. The number of fused-ring (bicyclic) bond motifs is 1. The maximum absolute atomic E-state index is 12.6. The number of aromatic nitrogens is 3. The number of carbonyl (C=O) groups excluding carboxylic acids is 1. The molecule has 1 unspecified atom stereocenters. The number of carbonyl (C=O) groups is 1. The van der Waals surface area contributed by atoms with E-state index in [1.807, 2.05) is 6.92 Å². The van der Waals surface area contributed by atoms with Crippen LogP contribution in [0.25, 0.3) is 11.2 Å². The van der Waals surface area contributed by atoms with Gasteiger partial charge in [0.25, 0.3) is 0 Å². The van der Waals surface area contributed by atoms with Crippen LogP contribution in [0.3, 0.4) is 0 Å². The predicted molar refractivity (Wildman–Crippen MR) is 94.6 cm³/mol. The van der Waals surface area contributed by atoms with Crippen LogP contribution in [0.1, 0.15) is 46.0 Å². The Morgan fingerprint density at radius 2 is 2.04 bits per heavy atom. The number of alkyl halides is 3. The summed E-state index contributed by atoms with van der Waals surface area (Å²) in [6, 6.07) is 3.24. The normalized spacial score (nSPS) is 18.8. The van der Waals surface area contributed by atoms with Gasteiger partial charge in [0.15, 0.2) is 5.65 Å².